The Morgan fingerprint density at radius 1 is 1.17 bits per heavy atom. The van der Waals surface area contributed by atoms with Crippen LogP contribution in [0.5, 0.6) is 0 Å². The fourth-order valence-electron chi connectivity index (χ4n) is 3.82. The maximum atomic E-state index is 13.1. The van der Waals surface area contributed by atoms with E-state index >= 15 is 0 Å². The molecule has 1 aromatic carbocycles. The van der Waals surface area contributed by atoms with Gasteiger partial charge in [0, 0.05) is 44.7 Å². The molecule has 0 aliphatic carbocycles. The molecular formula is C20H28ClN3O5S. The van der Waals surface area contributed by atoms with Gasteiger partial charge in [-0.1, -0.05) is 11.6 Å². The average molecular weight is 458 g/mol. The lowest BCUT2D eigenvalue weighted by Crippen LogP contribution is -2.48. The number of amides is 2. The van der Waals surface area contributed by atoms with Crippen LogP contribution >= 0.6 is 11.6 Å². The number of hydrogen-bond acceptors (Lipinski definition) is 5. The third-order valence-corrected chi connectivity index (χ3v) is 7.59. The summed E-state index contributed by atoms with van der Waals surface area (Å²) in [6, 6.07) is 4.18. The first-order valence-corrected chi connectivity index (χ1v) is 12.0. The third-order valence-electron chi connectivity index (χ3n) is 5.28. The van der Waals surface area contributed by atoms with Crippen LogP contribution in [0.1, 0.15) is 43.5 Å². The van der Waals surface area contributed by atoms with Crippen molar-refractivity contribution >= 4 is 33.4 Å². The van der Waals surface area contributed by atoms with Crippen molar-refractivity contribution in [2.45, 2.75) is 50.2 Å². The number of morpholine rings is 1. The van der Waals surface area contributed by atoms with Gasteiger partial charge in [-0.2, -0.15) is 4.31 Å². The molecule has 0 radical (unpaired) electrons. The molecule has 0 bridgehead atoms. The molecule has 2 saturated heterocycles. The molecule has 2 heterocycles. The molecule has 3 rings (SSSR count). The van der Waals surface area contributed by atoms with Crippen molar-refractivity contribution in [3.05, 3.63) is 28.8 Å². The van der Waals surface area contributed by atoms with Crippen LogP contribution in [0.15, 0.2) is 23.1 Å². The number of rotatable bonds is 6. The molecule has 2 aliphatic rings. The van der Waals surface area contributed by atoms with Crippen LogP contribution in [0.2, 0.25) is 5.02 Å². The highest BCUT2D eigenvalue weighted by molar-refractivity contribution is 7.89. The molecule has 2 fully saturated rings. The summed E-state index contributed by atoms with van der Waals surface area (Å²) in [4.78, 5) is 26.3. The number of halogens is 1. The van der Waals surface area contributed by atoms with Crippen LogP contribution in [0.3, 0.4) is 0 Å². The van der Waals surface area contributed by atoms with Crippen molar-refractivity contribution in [3.8, 4) is 0 Å². The molecule has 2 atom stereocenters. The van der Waals surface area contributed by atoms with E-state index in [9.17, 15) is 18.0 Å². The highest BCUT2D eigenvalue weighted by atomic mass is 35.5. The van der Waals surface area contributed by atoms with E-state index < -0.39 is 15.9 Å². The van der Waals surface area contributed by atoms with Gasteiger partial charge in [-0.3, -0.25) is 9.59 Å². The van der Waals surface area contributed by atoms with Crippen LogP contribution in [0.4, 0.5) is 0 Å². The largest absolute Gasteiger partial charge is 0.373 e. The Bertz CT molecular complexity index is 892. The maximum Gasteiger partial charge on any atom is 0.251 e. The number of nitrogens with one attached hydrogen (secondary N) is 1. The van der Waals surface area contributed by atoms with E-state index in [0.29, 0.717) is 0 Å². The Kier molecular flexibility index (Phi) is 7.38. The fourth-order valence-corrected chi connectivity index (χ4v) is 5.91. The second kappa shape index (κ2) is 9.64. The van der Waals surface area contributed by atoms with Gasteiger partial charge in [-0.05, 0) is 44.9 Å². The van der Waals surface area contributed by atoms with Gasteiger partial charge in [-0.15, -0.1) is 0 Å². The molecule has 0 spiro atoms. The monoisotopic (exact) mass is 457 g/mol. The quantitative estimate of drug-likeness (QED) is 0.703. The minimum Gasteiger partial charge on any atom is -0.373 e. The van der Waals surface area contributed by atoms with Crippen molar-refractivity contribution in [3.63, 3.8) is 0 Å². The SMILES string of the molecule is CC1CN(S(=O)(=O)c2cc(C(=O)NCCC(=O)N3CCCC3)ccc2Cl)CC(C)O1. The van der Waals surface area contributed by atoms with E-state index in [4.69, 9.17) is 16.3 Å². The molecule has 1 aromatic rings. The van der Waals surface area contributed by atoms with Crippen molar-refractivity contribution in [2.75, 3.05) is 32.7 Å². The van der Waals surface area contributed by atoms with Gasteiger partial charge in [0.05, 0.1) is 17.2 Å². The summed E-state index contributed by atoms with van der Waals surface area (Å²) < 4.78 is 33.2. The summed E-state index contributed by atoms with van der Waals surface area (Å²) >= 11 is 6.18. The molecule has 0 aromatic heterocycles. The smallest absolute Gasteiger partial charge is 0.251 e. The standard InChI is InChI=1S/C20H28ClN3O5S/c1-14-12-24(13-15(2)29-14)30(27,28)18-11-16(5-6-17(18)21)20(26)22-8-7-19(25)23-9-3-4-10-23/h5-6,11,14-15H,3-4,7-10,12-13H2,1-2H3,(H,22,26). The van der Waals surface area contributed by atoms with Gasteiger partial charge in [0.1, 0.15) is 4.90 Å². The van der Waals surface area contributed by atoms with Gasteiger partial charge >= 0.3 is 0 Å². The molecule has 2 unspecified atom stereocenters. The number of hydrogen-bond donors (Lipinski definition) is 1. The zero-order valence-corrected chi connectivity index (χ0v) is 18.8. The lowest BCUT2D eigenvalue weighted by atomic mass is 10.2. The Balaban J connectivity index is 1.68. The summed E-state index contributed by atoms with van der Waals surface area (Å²) in [6.45, 7) is 5.79. The summed E-state index contributed by atoms with van der Waals surface area (Å²) in [6.07, 6.45) is 1.78. The second-order valence-corrected chi connectivity index (χ2v) is 10.1. The minimum absolute atomic E-state index is 0.0164. The van der Waals surface area contributed by atoms with Crippen LogP contribution in [0, 0.1) is 0 Å². The highest BCUT2D eigenvalue weighted by Crippen LogP contribution is 2.28. The molecule has 10 heteroatoms. The number of ether oxygens (including phenoxy) is 1. The predicted molar refractivity (Wildman–Crippen MR) is 113 cm³/mol. The Hall–Kier alpha value is -1.68. The van der Waals surface area contributed by atoms with Crippen LogP contribution < -0.4 is 5.32 Å². The topological polar surface area (TPSA) is 96.0 Å². The van der Waals surface area contributed by atoms with Gasteiger partial charge < -0.3 is 15.0 Å². The van der Waals surface area contributed by atoms with Crippen LogP contribution in [0.25, 0.3) is 0 Å². The number of nitrogens with zero attached hydrogens (tertiary/aromatic N) is 2. The first kappa shape index (κ1) is 23.0. The lowest BCUT2D eigenvalue weighted by Gasteiger charge is -2.34. The highest BCUT2D eigenvalue weighted by Gasteiger charge is 2.34. The Labute approximate surface area is 182 Å². The number of benzene rings is 1. The molecular weight excluding hydrogens is 430 g/mol. The van der Waals surface area contributed by atoms with E-state index in [1.54, 1.807) is 4.90 Å². The van der Waals surface area contributed by atoms with E-state index in [1.165, 1.54) is 22.5 Å². The van der Waals surface area contributed by atoms with E-state index in [0.717, 1.165) is 25.9 Å². The first-order valence-electron chi connectivity index (χ1n) is 10.2. The van der Waals surface area contributed by atoms with Crippen molar-refractivity contribution in [1.82, 2.24) is 14.5 Å². The third kappa shape index (κ3) is 5.32. The molecule has 30 heavy (non-hydrogen) atoms. The molecule has 2 amide bonds. The summed E-state index contributed by atoms with van der Waals surface area (Å²) in [5.41, 5.74) is 0.181. The summed E-state index contributed by atoms with van der Waals surface area (Å²) in [7, 11) is -3.88. The van der Waals surface area contributed by atoms with Gasteiger partial charge in [0.25, 0.3) is 5.91 Å². The van der Waals surface area contributed by atoms with Gasteiger partial charge in [-0.25, -0.2) is 8.42 Å². The van der Waals surface area contributed by atoms with E-state index in [1.807, 2.05) is 13.8 Å². The molecule has 1 N–H and O–H groups in total. The number of carbonyl (C=O) groups is 2. The second-order valence-electron chi connectivity index (χ2n) is 7.82. The van der Waals surface area contributed by atoms with Gasteiger partial charge in [0.2, 0.25) is 15.9 Å². The molecule has 8 nitrogen and oxygen atoms in total. The predicted octanol–water partition coefficient (Wildman–Crippen LogP) is 1.88. The summed E-state index contributed by atoms with van der Waals surface area (Å²) in [5, 5.41) is 2.75. The average Bonchev–Trinajstić information content (AvgIpc) is 3.22. The van der Waals surface area contributed by atoms with Crippen molar-refractivity contribution in [2.24, 2.45) is 0 Å². The normalized spacial score (nSPS) is 22.8. The number of carbonyl (C=O) groups excluding carboxylic acids is 2. The zero-order valence-electron chi connectivity index (χ0n) is 17.3. The first-order chi connectivity index (χ1) is 14.2. The maximum absolute atomic E-state index is 13.1. The molecule has 0 saturated carbocycles. The van der Waals surface area contributed by atoms with E-state index in [2.05, 4.69) is 5.32 Å². The molecule has 2 aliphatic heterocycles. The van der Waals surface area contributed by atoms with Gasteiger partial charge in [0.15, 0.2) is 0 Å². The van der Waals surface area contributed by atoms with Crippen molar-refractivity contribution in [1.29, 1.82) is 0 Å². The van der Waals surface area contributed by atoms with Crippen molar-refractivity contribution < 1.29 is 22.7 Å². The fraction of sp³-hybridized carbons (Fsp3) is 0.600. The number of likely N-dealkylation sites (tertiary alicyclic amines) is 1. The number of sulfonamides is 1. The van der Waals surface area contributed by atoms with E-state index in [-0.39, 0.29) is 59.7 Å². The zero-order chi connectivity index (χ0) is 21.9. The minimum atomic E-state index is -3.88. The Morgan fingerprint density at radius 3 is 2.43 bits per heavy atom. The lowest BCUT2D eigenvalue weighted by molar-refractivity contribution is -0.129. The van der Waals surface area contributed by atoms with Crippen LogP contribution in [-0.4, -0.2) is 74.4 Å². The molecule has 166 valence electrons. The Morgan fingerprint density at radius 2 is 1.80 bits per heavy atom. The van der Waals surface area contributed by atoms with Crippen LogP contribution in [-0.2, 0) is 19.6 Å². The summed E-state index contributed by atoms with van der Waals surface area (Å²) in [5.74, 6) is -0.427.